The van der Waals surface area contributed by atoms with Crippen molar-refractivity contribution in [3.63, 3.8) is 0 Å². The average molecular weight is 493 g/mol. The van der Waals surface area contributed by atoms with Crippen LogP contribution in [0.15, 0.2) is 60.8 Å². The second-order valence-corrected chi connectivity index (χ2v) is 7.14. The van der Waals surface area contributed by atoms with Crippen LogP contribution in [0.5, 0.6) is 0 Å². The Hall–Kier alpha value is -2.60. The van der Waals surface area contributed by atoms with Crippen molar-refractivity contribution < 1.29 is 13.2 Å². The molecule has 0 aliphatic carbocycles. The zero-order chi connectivity index (χ0) is 20.1. The van der Waals surface area contributed by atoms with E-state index in [0.29, 0.717) is 11.6 Å². The third-order valence-corrected chi connectivity index (χ3v) is 4.88. The zero-order valence-corrected chi connectivity index (χ0v) is 16.9. The molecule has 0 spiro atoms. The van der Waals surface area contributed by atoms with E-state index in [2.05, 4.69) is 49.7 Å². The third kappa shape index (κ3) is 5.23. The van der Waals surface area contributed by atoms with E-state index >= 15 is 0 Å². The van der Waals surface area contributed by atoms with Gasteiger partial charge in [0, 0.05) is 15.3 Å². The van der Waals surface area contributed by atoms with E-state index in [1.807, 2.05) is 31.2 Å². The van der Waals surface area contributed by atoms with Gasteiger partial charge in [0.25, 0.3) is 0 Å². The summed E-state index contributed by atoms with van der Waals surface area (Å²) in [6.45, 7) is 2.00. The first-order valence-corrected chi connectivity index (χ1v) is 9.44. The van der Waals surface area contributed by atoms with Gasteiger partial charge in [-0.05, 0) is 71.3 Å². The number of alkyl halides is 3. The van der Waals surface area contributed by atoms with Gasteiger partial charge in [0.2, 0.25) is 5.95 Å². The minimum absolute atomic E-state index is 0.0141. The van der Waals surface area contributed by atoms with E-state index in [0.717, 1.165) is 21.3 Å². The minimum Gasteiger partial charge on any atom is -0.348 e. The molecule has 0 bridgehead atoms. The molecular weight excluding hydrogens is 478 g/mol. The highest BCUT2D eigenvalue weighted by Gasteiger charge is 2.30. The number of benzene rings is 2. The van der Waals surface area contributed by atoms with Crippen LogP contribution in [-0.2, 0) is 6.18 Å². The first-order valence-electron chi connectivity index (χ1n) is 8.36. The van der Waals surface area contributed by atoms with Crippen LogP contribution in [0.3, 0.4) is 0 Å². The van der Waals surface area contributed by atoms with Gasteiger partial charge in [-0.2, -0.15) is 13.2 Å². The van der Waals surface area contributed by atoms with Crippen molar-refractivity contribution in [1.29, 1.82) is 0 Å². The lowest BCUT2D eigenvalue weighted by atomic mass is 10.1. The number of hydrogen-bond donors (Lipinski definition) is 1. The fraction of sp³-hybridized carbons (Fsp3) is 0.143. The Balaban J connectivity index is 1.78. The van der Waals surface area contributed by atoms with Crippen LogP contribution in [0.4, 0.5) is 19.1 Å². The number of hydrogen-bond acceptors (Lipinski definition) is 3. The Bertz CT molecular complexity index is 1040. The van der Waals surface area contributed by atoms with E-state index in [1.165, 1.54) is 12.1 Å². The van der Waals surface area contributed by atoms with Crippen LogP contribution < -0.4 is 5.32 Å². The predicted octanol–water partition coefficient (Wildman–Crippen LogP) is 5.67. The summed E-state index contributed by atoms with van der Waals surface area (Å²) in [6, 6.07) is 14.5. The molecule has 3 aromatic rings. The molecule has 3 rings (SSSR count). The van der Waals surface area contributed by atoms with Crippen molar-refractivity contribution in [2.45, 2.75) is 19.1 Å². The van der Waals surface area contributed by atoms with Gasteiger partial charge in [-0.3, -0.25) is 0 Å². The Morgan fingerprint density at radius 3 is 2.57 bits per heavy atom. The monoisotopic (exact) mass is 493 g/mol. The lowest BCUT2D eigenvalue weighted by molar-refractivity contribution is -0.137. The maximum Gasteiger partial charge on any atom is 0.416 e. The predicted molar refractivity (Wildman–Crippen MR) is 111 cm³/mol. The fourth-order valence-corrected chi connectivity index (χ4v) is 3.36. The molecule has 142 valence electrons. The van der Waals surface area contributed by atoms with E-state index in [4.69, 9.17) is 0 Å². The number of nitrogens with zero attached hydrogens (tertiary/aromatic N) is 2. The van der Waals surface area contributed by atoms with Crippen LogP contribution in [0.1, 0.15) is 35.3 Å². The van der Waals surface area contributed by atoms with E-state index in [9.17, 15) is 13.2 Å². The molecule has 0 aliphatic rings. The average Bonchev–Trinajstić information content (AvgIpc) is 2.66. The second-order valence-electron chi connectivity index (χ2n) is 5.98. The molecule has 0 saturated carbocycles. The molecule has 2 aromatic carbocycles. The maximum absolute atomic E-state index is 12.8. The van der Waals surface area contributed by atoms with Gasteiger partial charge in [0.15, 0.2) is 0 Å². The van der Waals surface area contributed by atoms with Crippen LogP contribution in [0, 0.1) is 15.4 Å². The topological polar surface area (TPSA) is 37.8 Å². The molecule has 0 aliphatic heterocycles. The lowest BCUT2D eigenvalue weighted by Gasteiger charge is -2.15. The maximum atomic E-state index is 12.8. The summed E-state index contributed by atoms with van der Waals surface area (Å²) in [6.07, 6.45) is -2.83. The highest BCUT2D eigenvalue weighted by atomic mass is 127. The molecule has 1 aromatic heterocycles. The Morgan fingerprint density at radius 1 is 1.04 bits per heavy atom. The number of halogens is 4. The highest BCUT2D eigenvalue weighted by molar-refractivity contribution is 14.1. The molecule has 0 saturated heterocycles. The fourth-order valence-electron chi connectivity index (χ4n) is 2.51. The standard InChI is InChI=1S/C21H15F3IN3/c1-14(18-7-2-3-8-19(18)25)27-20-26-12-11-17(28-20)10-9-15-5-4-6-16(13-15)21(22,23)24/h2-8,11-14H,1H3,(H,26,27,28). The van der Waals surface area contributed by atoms with Gasteiger partial charge in [-0.25, -0.2) is 9.97 Å². The summed E-state index contributed by atoms with van der Waals surface area (Å²) in [7, 11) is 0. The highest BCUT2D eigenvalue weighted by Crippen LogP contribution is 2.29. The summed E-state index contributed by atoms with van der Waals surface area (Å²) in [4.78, 5) is 8.53. The van der Waals surface area contributed by atoms with E-state index in [-0.39, 0.29) is 11.6 Å². The third-order valence-electron chi connectivity index (χ3n) is 3.90. The van der Waals surface area contributed by atoms with Gasteiger partial charge >= 0.3 is 6.18 Å². The second kappa shape index (κ2) is 8.61. The smallest absolute Gasteiger partial charge is 0.348 e. The molecule has 0 amide bonds. The number of nitrogens with one attached hydrogen (secondary N) is 1. The molecule has 0 radical (unpaired) electrons. The minimum atomic E-state index is -4.39. The van der Waals surface area contributed by atoms with Crippen LogP contribution >= 0.6 is 22.6 Å². The lowest BCUT2D eigenvalue weighted by Crippen LogP contribution is -2.11. The molecular formula is C21H15F3IN3. The Morgan fingerprint density at radius 2 is 1.82 bits per heavy atom. The Kier molecular flexibility index (Phi) is 6.19. The van der Waals surface area contributed by atoms with Gasteiger partial charge in [-0.1, -0.05) is 30.2 Å². The van der Waals surface area contributed by atoms with Gasteiger partial charge in [-0.15, -0.1) is 0 Å². The molecule has 1 heterocycles. The van der Waals surface area contributed by atoms with Gasteiger partial charge in [0.05, 0.1) is 11.6 Å². The quantitative estimate of drug-likeness (QED) is 0.378. The molecule has 1 N–H and O–H groups in total. The SMILES string of the molecule is CC(Nc1nccc(C#Cc2cccc(C(F)(F)F)c2)n1)c1ccccc1I. The van der Waals surface area contributed by atoms with E-state index < -0.39 is 11.7 Å². The Labute approximate surface area is 174 Å². The van der Waals surface area contributed by atoms with Crippen molar-refractivity contribution in [3.8, 4) is 11.8 Å². The number of rotatable bonds is 3. The molecule has 3 nitrogen and oxygen atoms in total. The van der Waals surface area contributed by atoms with Crippen molar-refractivity contribution >= 4 is 28.5 Å². The number of aromatic nitrogens is 2. The van der Waals surface area contributed by atoms with Crippen molar-refractivity contribution in [3.05, 3.63) is 86.7 Å². The molecule has 28 heavy (non-hydrogen) atoms. The summed E-state index contributed by atoms with van der Waals surface area (Å²) in [5.41, 5.74) is 1.09. The van der Waals surface area contributed by atoms with Crippen LogP contribution in [-0.4, -0.2) is 9.97 Å². The number of anilines is 1. The summed E-state index contributed by atoms with van der Waals surface area (Å²) < 4.78 is 39.5. The molecule has 1 atom stereocenters. The van der Waals surface area contributed by atoms with Crippen molar-refractivity contribution in [1.82, 2.24) is 9.97 Å². The van der Waals surface area contributed by atoms with Crippen molar-refractivity contribution in [2.24, 2.45) is 0 Å². The normalized spacial score (nSPS) is 12.0. The van der Waals surface area contributed by atoms with Crippen LogP contribution in [0.25, 0.3) is 0 Å². The van der Waals surface area contributed by atoms with Gasteiger partial charge in [0.1, 0.15) is 5.69 Å². The van der Waals surface area contributed by atoms with E-state index in [1.54, 1.807) is 12.3 Å². The first kappa shape index (κ1) is 20.1. The molecule has 7 heteroatoms. The van der Waals surface area contributed by atoms with Crippen LogP contribution in [0.2, 0.25) is 0 Å². The molecule has 0 fully saturated rings. The largest absolute Gasteiger partial charge is 0.416 e. The van der Waals surface area contributed by atoms with Gasteiger partial charge < -0.3 is 5.32 Å². The first-order chi connectivity index (χ1) is 13.3. The summed E-state index contributed by atoms with van der Waals surface area (Å²) in [5.74, 6) is 5.93. The summed E-state index contributed by atoms with van der Waals surface area (Å²) >= 11 is 2.27. The molecule has 1 unspecified atom stereocenters. The summed E-state index contributed by atoms with van der Waals surface area (Å²) in [5, 5.41) is 3.22. The van der Waals surface area contributed by atoms with Crippen molar-refractivity contribution in [2.75, 3.05) is 5.32 Å². The zero-order valence-electron chi connectivity index (χ0n) is 14.8.